The number of hydrogen-bond donors (Lipinski definition) is 1. The molecule has 1 unspecified atom stereocenters. The topological polar surface area (TPSA) is 63.1 Å². The maximum Gasteiger partial charge on any atom is 0.232 e. The molecule has 1 aromatic heterocycles. The zero-order valence-corrected chi connectivity index (χ0v) is 18.0. The van der Waals surface area contributed by atoms with Crippen molar-refractivity contribution >= 4 is 23.6 Å². The fourth-order valence-corrected chi connectivity index (χ4v) is 4.28. The molecule has 7 heteroatoms. The second kappa shape index (κ2) is 9.96. The number of hydrogen-bond acceptors (Lipinski definition) is 5. The van der Waals surface area contributed by atoms with Crippen molar-refractivity contribution in [1.82, 2.24) is 20.1 Å². The number of carbonyl (C=O) groups excluding carboxylic acids is 1. The first kappa shape index (κ1) is 20.7. The van der Waals surface area contributed by atoms with E-state index in [-0.39, 0.29) is 11.9 Å². The van der Waals surface area contributed by atoms with E-state index in [2.05, 4.69) is 70.0 Å². The predicted octanol–water partition coefficient (Wildman–Crippen LogP) is 3.96. The number of piperidine rings is 1. The molecule has 0 bridgehead atoms. The molecule has 0 spiro atoms. The Morgan fingerprint density at radius 1 is 1.18 bits per heavy atom. The van der Waals surface area contributed by atoms with Crippen molar-refractivity contribution in [3.63, 3.8) is 0 Å². The van der Waals surface area contributed by atoms with Gasteiger partial charge in [-0.1, -0.05) is 42.8 Å². The monoisotopic (exact) mass is 401 g/mol. The quantitative estimate of drug-likeness (QED) is 0.678. The van der Waals surface area contributed by atoms with Gasteiger partial charge in [-0.25, -0.2) is 0 Å². The van der Waals surface area contributed by atoms with E-state index >= 15 is 0 Å². The number of nitrogens with zero attached hydrogens (tertiary/aromatic N) is 4. The summed E-state index contributed by atoms with van der Waals surface area (Å²) in [5.74, 6) is 1.27. The lowest BCUT2D eigenvalue weighted by atomic mass is 10.1. The van der Waals surface area contributed by atoms with Gasteiger partial charge in [0.25, 0.3) is 0 Å². The third-order valence-electron chi connectivity index (χ3n) is 5.01. The van der Waals surface area contributed by atoms with E-state index in [1.165, 1.54) is 36.6 Å². The van der Waals surface area contributed by atoms with Crippen LogP contribution in [-0.2, 0) is 4.79 Å². The molecular weight excluding hydrogens is 370 g/mol. The first-order valence-electron chi connectivity index (χ1n) is 10.3. The highest BCUT2D eigenvalue weighted by molar-refractivity contribution is 7.99. The number of aromatic nitrogens is 3. The number of anilines is 1. The Kier molecular flexibility index (Phi) is 7.36. The molecule has 2 heterocycles. The van der Waals surface area contributed by atoms with Crippen LogP contribution in [-0.4, -0.2) is 45.6 Å². The summed E-state index contributed by atoms with van der Waals surface area (Å²) in [6, 6.07) is 8.60. The normalized spacial score (nSPS) is 15.5. The summed E-state index contributed by atoms with van der Waals surface area (Å²) < 4.78 is 2.10. The Morgan fingerprint density at radius 2 is 1.89 bits per heavy atom. The van der Waals surface area contributed by atoms with Crippen LogP contribution in [0.15, 0.2) is 29.4 Å². The molecule has 2 aromatic rings. The fourth-order valence-electron chi connectivity index (χ4n) is 3.53. The van der Waals surface area contributed by atoms with Crippen LogP contribution in [0, 0.1) is 6.92 Å². The lowest BCUT2D eigenvalue weighted by Gasteiger charge is -2.27. The van der Waals surface area contributed by atoms with Gasteiger partial charge in [0.1, 0.15) is 0 Å². The van der Waals surface area contributed by atoms with E-state index in [4.69, 9.17) is 0 Å². The van der Waals surface area contributed by atoms with Gasteiger partial charge in [-0.05, 0) is 51.7 Å². The molecule has 1 aliphatic heterocycles. The van der Waals surface area contributed by atoms with Crippen LogP contribution >= 0.6 is 11.8 Å². The molecule has 1 amide bonds. The standard InChI is InChI=1S/C21H31N5OS/c1-4-8-17(3)22-19(27)15-28-21-24-23-20(25-13-6-5-7-14-25)26(21)18-11-9-16(2)10-12-18/h9-12,17H,4-8,13-15H2,1-3H3,(H,22,27). The number of aryl methyl sites for hydroxylation is 1. The molecule has 1 aromatic carbocycles. The number of nitrogens with one attached hydrogen (secondary N) is 1. The molecule has 3 rings (SSSR count). The zero-order chi connectivity index (χ0) is 19.9. The van der Waals surface area contributed by atoms with Crippen molar-refractivity contribution in [2.45, 2.75) is 64.1 Å². The van der Waals surface area contributed by atoms with Crippen LogP contribution < -0.4 is 10.2 Å². The second-order valence-electron chi connectivity index (χ2n) is 7.55. The lowest BCUT2D eigenvalue weighted by molar-refractivity contribution is -0.119. The highest BCUT2D eigenvalue weighted by Crippen LogP contribution is 2.28. The first-order valence-corrected chi connectivity index (χ1v) is 11.3. The van der Waals surface area contributed by atoms with E-state index in [0.29, 0.717) is 5.75 Å². The van der Waals surface area contributed by atoms with Crippen molar-refractivity contribution < 1.29 is 4.79 Å². The van der Waals surface area contributed by atoms with Gasteiger partial charge in [-0.15, -0.1) is 10.2 Å². The maximum atomic E-state index is 12.3. The molecular formula is C21H31N5OS. The van der Waals surface area contributed by atoms with Crippen LogP contribution in [0.3, 0.4) is 0 Å². The predicted molar refractivity (Wildman–Crippen MR) is 115 cm³/mol. The molecule has 1 saturated heterocycles. The van der Waals surface area contributed by atoms with Gasteiger partial charge in [0.2, 0.25) is 11.9 Å². The Bertz CT molecular complexity index is 768. The smallest absolute Gasteiger partial charge is 0.232 e. The highest BCUT2D eigenvalue weighted by Gasteiger charge is 2.22. The van der Waals surface area contributed by atoms with Gasteiger partial charge in [-0.3, -0.25) is 9.36 Å². The summed E-state index contributed by atoms with van der Waals surface area (Å²) in [6.07, 6.45) is 5.69. The molecule has 152 valence electrons. The summed E-state index contributed by atoms with van der Waals surface area (Å²) in [6.45, 7) is 8.27. The fraction of sp³-hybridized carbons (Fsp3) is 0.571. The van der Waals surface area contributed by atoms with E-state index in [1.807, 2.05) is 0 Å². The molecule has 0 saturated carbocycles. The van der Waals surface area contributed by atoms with Crippen LogP contribution in [0.2, 0.25) is 0 Å². The van der Waals surface area contributed by atoms with Gasteiger partial charge >= 0.3 is 0 Å². The SMILES string of the molecule is CCCC(C)NC(=O)CSc1nnc(N2CCCCC2)n1-c1ccc(C)cc1. The molecule has 0 radical (unpaired) electrons. The molecule has 1 atom stereocenters. The Hall–Kier alpha value is -2.02. The minimum absolute atomic E-state index is 0.0453. The first-order chi connectivity index (χ1) is 13.6. The van der Waals surface area contributed by atoms with Gasteiger partial charge in [0, 0.05) is 19.1 Å². The van der Waals surface area contributed by atoms with Crippen LogP contribution in [0.5, 0.6) is 0 Å². The summed E-state index contributed by atoms with van der Waals surface area (Å²) in [5.41, 5.74) is 2.26. The molecule has 28 heavy (non-hydrogen) atoms. The summed E-state index contributed by atoms with van der Waals surface area (Å²) in [4.78, 5) is 14.6. The lowest BCUT2D eigenvalue weighted by Crippen LogP contribution is -2.33. The molecule has 6 nitrogen and oxygen atoms in total. The van der Waals surface area contributed by atoms with E-state index < -0.39 is 0 Å². The van der Waals surface area contributed by atoms with E-state index in [1.54, 1.807) is 0 Å². The minimum Gasteiger partial charge on any atom is -0.353 e. The van der Waals surface area contributed by atoms with Crippen LogP contribution in [0.1, 0.15) is 51.5 Å². The third-order valence-corrected chi connectivity index (χ3v) is 5.94. The van der Waals surface area contributed by atoms with Gasteiger partial charge in [-0.2, -0.15) is 0 Å². The second-order valence-corrected chi connectivity index (χ2v) is 8.49. The van der Waals surface area contributed by atoms with Gasteiger partial charge in [0.05, 0.1) is 11.4 Å². The van der Waals surface area contributed by atoms with Crippen LogP contribution in [0.4, 0.5) is 5.95 Å². The summed E-state index contributed by atoms with van der Waals surface area (Å²) >= 11 is 1.45. The highest BCUT2D eigenvalue weighted by atomic mass is 32.2. The zero-order valence-electron chi connectivity index (χ0n) is 17.1. The Morgan fingerprint density at radius 3 is 2.57 bits per heavy atom. The van der Waals surface area contributed by atoms with Crippen molar-refractivity contribution in [2.24, 2.45) is 0 Å². The molecule has 1 aliphatic rings. The van der Waals surface area contributed by atoms with E-state index in [0.717, 1.165) is 42.7 Å². The number of amides is 1. The molecule has 0 aliphatic carbocycles. The number of carbonyl (C=O) groups is 1. The molecule has 1 fully saturated rings. The van der Waals surface area contributed by atoms with Crippen LogP contribution in [0.25, 0.3) is 5.69 Å². The third kappa shape index (κ3) is 5.28. The summed E-state index contributed by atoms with van der Waals surface area (Å²) in [5, 5.41) is 12.8. The number of benzene rings is 1. The molecule has 1 N–H and O–H groups in total. The Balaban J connectivity index is 1.79. The maximum absolute atomic E-state index is 12.3. The average Bonchev–Trinajstić information content (AvgIpc) is 3.12. The minimum atomic E-state index is 0.0453. The summed E-state index contributed by atoms with van der Waals surface area (Å²) in [7, 11) is 0. The van der Waals surface area contributed by atoms with Gasteiger partial charge in [0.15, 0.2) is 5.16 Å². The number of thioether (sulfide) groups is 1. The largest absolute Gasteiger partial charge is 0.353 e. The van der Waals surface area contributed by atoms with E-state index in [9.17, 15) is 4.79 Å². The average molecular weight is 402 g/mol. The van der Waals surface area contributed by atoms with Crippen molar-refractivity contribution in [2.75, 3.05) is 23.7 Å². The van der Waals surface area contributed by atoms with Crippen molar-refractivity contribution in [3.8, 4) is 5.69 Å². The number of rotatable bonds is 8. The van der Waals surface area contributed by atoms with Gasteiger partial charge < -0.3 is 10.2 Å². The van der Waals surface area contributed by atoms with Crippen molar-refractivity contribution in [1.29, 1.82) is 0 Å². The van der Waals surface area contributed by atoms with Crippen molar-refractivity contribution in [3.05, 3.63) is 29.8 Å². The Labute approximate surface area is 172 Å².